The van der Waals surface area contributed by atoms with E-state index < -0.39 is 53.8 Å². The van der Waals surface area contributed by atoms with Crippen LogP contribution in [0.15, 0.2) is 118 Å². The number of halogens is 4. The maximum Gasteiger partial charge on any atom is 0.337 e. The van der Waals surface area contributed by atoms with Gasteiger partial charge in [-0.1, -0.05) is 46.4 Å². The van der Waals surface area contributed by atoms with Gasteiger partial charge in [-0.2, -0.15) is 45.3 Å². The van der Waals surface area contributed by atoms with E-state index in [0.717, 1.165) is 6.07 Å². The molecule has 0 radical (unpaired) electrons. The summed E-state index contributed by atoms with van der Waals surface area (Å²) in [6, 6.07) is 24.3. The number of nitrogens with one attached hydrogen (secondary N) is 3. The van der Waals surface area contributed by atoms with E-state index in [2.05, 4.69) is 41.1 Å². The number of hydrogen-bond donors (Lipinski definition) is 12. The first-order valence-electron chi connectivity index (χ1n) is 23.0. The van der Waals surface area contributed by atoms with Crippen LogP contribution < -0.4 is 53.1 Å². The van der Waals surface area contributed by atoms with Gasteiger partial charge in [0, 0.05) is 29.2 Å². The third kappa shape index (κ3) is 21.2. The van der Waals surface area contributed by atoms with E-state index in [1.54, 1.807) is 30.3 Å². The van der Waals surface area contributed by atoms with Gasteiger partial charge in [0.15, 0.2) is 0 Å². The second kappa shape index (κ2) is 29.1. The van der Waals surface area contributed by atoms with E-state index in [1.165, 1.54) is 73.8 Å². The van der Waals surface area contributed by atoms with Crippen molar-refractivity contribution in [1.82, 2.24) is 15.0 Å². The molecule has 0 fully saturated rings. The Labute approximate surface area is 493 Å². The van der Waals surface area contributed by atoms with Crippen LogP contribution in [-0.2, 0) is 30.4 Å². The van der Waals surface area contributed by atoms with Crippen molar-refractivity contribution >= 4 is 158 Å². The van der Waals surface area contributed by atoms with Gasteiger partial charge in [-0.05, 0) is 104 Å². The summed E-state index contributed by atoms with van der Waals surface area (Å²) in [6.07, 6.45) is -0.160. The summed E-state index contributed by atoms with van der Waals surface area (Å²) in [5.74, 6) is -3.11. The van der Waals surface area contributed by atoms with Gasteiger partial charge in [-0.25, -0.2) is 9.59 Å². The van der Waals surface area contributed by atoms with E-state index in [9.17, 15) is 44.5 Å². The summed E-state index contributed by atoms with van der Waals surface area (Å²) in [5, 5.41) is 35.6. The number of hydrogen-bond acceptors (Lipinski definition) is 23. The predicted molar refractivity (Wildman–Crippen MR) is 314 cm³/mol. The lowest BCUT2D eigenvalue weighted by Crippen LogP contribution is -2.11. The number of anilines is 10. The number of carboxylic acid groups (broad SMARTS) is 2. The molecule has 0 atom stereocenters. The highest BCUT2D eigenvalue weighted by Crippen LogP contribution is 2.40. The van der Waals surface area contributed by atoms with Gasteiger partial charge in [-0.15, -0.1) is 5.11 Å². The molecule has 35 heteroatoms. The topological polar surface area (TPSA) is 469 Å². The summed E-state index contributed by atoms with van der Waals surface area (Å²) < 4.78 is 110. The van der Waals surface area contributed by atoms with Gasteiger partial charge in [0.25, 0.3) is 30.4 Å². The van der Waals surface area contributed by atoms with Crippen molar-refractivity contribution in [2.24, 2.45) is 10.2 Å². The lowest BCUT2D eigenvalue weighted by Gasteiger charge is -2.17. The highest BCUT2D eigenvalue weighted by Gasteiger charge is 2.19. The number of ether oxygens (including phenoxy) is 3. The summed E-state index contributed by atoms with van der Waals surface area (Å²) in [4.78, 5) is 35.1. The minimum absolute atomic E-state index is 0.00256. The molecule has 7 aromatic rings. The molecule has 0 aliphatic heterocycles. The fraction of sp³-hybridized carbons (Fsp3) is 0.146. The minimum atomic E-state index is -4.30. The molecular formula is C48H48Cl4N12O16S3. The van der Waals surface area contributed by atoms with Gasteiger partial charge < -0.3 is 63.3 Å². The molecule has 83 heavy (non-hydrogen) atoms. The molecule has 1 aromatic heterocycles. The van der Waals surface area contributed by atoms with E-state index in [4.69, 9.17) is 97.8 Å². The average Bonchev–Trinajstić information content (AvgIpc) is 3.61. The van der Waals surface area contributed by atoms with Crippen LogP contribution in [0.25, 0.3) is 0 Å². The van der Waals surface area contributed by atoms with Crippen LogP contribution in [0.2, 0.25) is 20.1 Å². The number of nitrogens with two attached hydrogens (primary N) is 4. The second-order valence-corrected chi connectivity index (χ2v) is 22.7. The number of benzene rings is 6. The first-order valence-corrected chi connectivity index (χ1v) is 29.2. The highest BCUT2D eigenvalue weighted by atomic mass is 35.5. The zero-order valence-corrected chi connectivity index (χ0v) is 48.0. The van der Waals surface area contributed by atoms with Gasteiger partial charge in [-0.3, -0.25) is 13.7 Å². The van der Waals surface area contributed by atoms with E-state index in [1.807, 2.05) is 0 Å². The van der Waals surface area contributed by atoms with Crippen LogP contribution in [-0.4, -0.2) is 108 Å². The van der Waals surface area contributed by atoms with Crippen molar-refractivity contribution in [2.45, 2.75) is 17.7 Å². The number of rotatable bonds is 22. The third-order valence-corrected chi connectivity index (χ3v) is 14.0. The van der Waals surface area contributed by atoms with Crippen molar-refractivity contribution in [2.75, 3.05) is 70.7 Å². The molecule has 1 heterocycles. The van der Waals surface area contributed by atoms with Gasteiger partial charge in [0.2, 0.25) is 17.8 Å². The molecule has 0 bridgehead atoms. The normalized spacial score (nSPS) is 11.3. The van der Waals surface area contributed by atoms with Gasteiger partial charge in [0.05, 0.1) is 96.4 Å². The number of azo groups is 1. The first kappa shape index (κ1) is 65.6. The van der Waals surface area contributed by atoms with Crippen molar-refractivity contribution in [3.05, 3.63) is 134 Å². The van der Waals surface area contributed by atoms with Crippen LogP contribution in [0.4, 0.5) is 69.0 Å². The monoisotopic (exact) mass is 1280 g/mol. The Bertz CT molecular complexity index is 3890. The Hall–Kier alpha value is -8.24. The minimum Gasteiger partial charge on any atom is -0.495 e. The van der Waals surface area contributed by atoms with E-state index >= 15 is 0 Å². The highest BCUT2D eigenvalue weighted by molar-refractivity contribution is 7.86. The lowest BCUT2D eigenvalue weighted by atomic mass is 10.2. The first-order chi connectivity index (χ1) is 38.9. The third-order valence-electron chi connectivity index (χ3n) is 10.2. The number of aromatic nitrogens is 3. The molecule has 0 spiro atoms. The molecule has 0 saturated carbocycles. The maximum absolute atomic E-state index is 11.6. The second-order valence-electron chi connectivity index (χ2n) is 16.5. The van der Waals surface area contributed by atoms with Gasteiger partial charge >= 0.3 is 11.9 Å². The van der Waals surface area contributed by atoms with Crippen molar-refractivity contribution in [1.29, 1.82) is 0 Å². The summed E-state index contributed by atoms with van der Waals surface area (Å²) >= 11 is 24.5. The molecule has 16 N–H and O–H groups in total. The Morgan fingerprint density at radius 3 is 1.53 bits per heavy atom. The van der Waals surface area contributed by atoms with Crippen LogP contribution in [0.5, 0.6) is 17.2 Å². The molecule has 7 rings (SSSR count). The summed E-state index contributed by atoms with van der Waals surface area (Å²) in [6.45, 7) is -0.333. The maximum atomic E-state index is 11.6. The Balaban J connectivity index is 0.000000430. The number of carboxylic acids is 2. The van der Waals surface area contributed by atoms with E-state index in [-0.39, 0.29) is 126 Å². The number of aromatic carboxylic acids is 2. The molecular weight excluding hydrogens is 1240 g/mol. The number of carbonyl (C=O) groups is 2. The Morgan fingerprint density at radius 2 is 1.04 bits per heavy atom. The summed E-state index contributed by atoms with van der Waals surface area (Å²) in [5.41, 5.74) is 24.8. The van der Waals surface area contributed by atoms with Crippen molar-refractivity contribution < 1.29 is 72.9 Å². The predicted octanol–water partition coefficient (Wildman–Crippen LogP) is 9.80. The SMILES string of the molecule is COc1ccc(S(=O)(=O)O)cc1N.Nc1ccc(Cl)c(C(=O)O)c1.Nc1ccc(Nc2nc(Nc3cc(Cl)c(N)cc3OCCCS(=O)(=O)O)nc(Nc3cc(Cl)c(N=Nc4ccc(Cl)c(C(=O)O)c4)cc3OCCCS(=O)(=O)O)n2)cc1. The van der Waals surface area contributed by atoms with Crippen LogP contribution in [0, 0.1) is 0 Å². The van der Waals surface area contributed by atoms with Crippen LogP contribution in [0.1, 0.15) is 33.6 Å². The van der Waals surface area contributed by atoms with E-state index in [0.29, 0.717) is 22.8 Å². The zero-order valence-electron chi connectivity index (χ0n) is 42.6. The molecule has 6 aromatic carbocycles. The zero-order chi connectivity index (χ0) is 61.4. The molecule has 0 unspecified atom stereocenters. The largest absolute Gasteiger partial charge is 0.495 e. The van der Waals surface area contributed by atoms with Crippen molar-refractivity contribution in [3.8, 4) is 17.2 Å². The molecule has 442 valence electrons. The Kier molecular flexibility index (Phi) is 23.0. The molecule has 0 amide bonds. The fourth-order valence-electron chi connectivity index (χ4n) is 6.38. The Morgan fingerprint density at radius 1 is 0.542 bits per heavy atom. The number of nitrogen functional groups attached to an aromatic ring is 4. The molecule has 28 nitrogen and oxygen atoms in total. The van der Waals surface area contributed by atoms with Crippen LogP contribution in [0.3, 0.4) is 0 Å². The number of methoxy groups -OCH3 is 1. The number of nitrogens with zero attached hydrogens (tertiary/aromatic N) is 5. The summed E-state index contributed by atoms with van der Waals surface area (Å²) in [7, 11) is -11.3. The lowest BCUT2D eigenvalue weighted by molar-refractivity contribution is 0.0686. The van der Waals surface area contributed by atoms with Crippen LogP contribution >= 0.6 is 46.4 Å². The molecule has 0 aliphatic rings. The molecule has 0 aliphatic carbocycles. The molecule has 0 saturated heterocycles. The van der Waals surface area contributed by atoms with Gasteiger partial charge in [0.1, 0.15) is 22.9 Å². The van der Waals surface area contributed by atoms with Crippen molar-refractivity contribution in [3.63, 3.8) is 0 Å². The fourth-order valence-corrected chi connectivity index (χ4v) is 8.62. The standard InChI is InChI=1S/C34H33Cl3N10O10S2.C7H6ClNO2.C7H9NO4S/c35-22-8-7-20(13-21(22)31(48)49)46-47-26-17-30(57-10-2-12-59(53,54)55)28(15-24(26)37)42-34-44-32(40-19-5-3-18(38)4-6-19)43-33(45-34)41-27-14-23(36)25(39)16-29(27)56-9-1-11-58(50,51)52;8-6-2-1-4(9)3-5(6)7(10)11;1-12-7-3-2-5(4-6(7)8)13(9,10)11/h3-8,13-17H,1-2,9-12,38-39H2,(H,48,49)(H,50,51,52)(H,53,54,55)(H3,40,41,42,43,44,45);1-3H,9H2,(H,10,11);2-4H,8H2,1H3,(H,9,10,11). The average molecular weight is 1290 g/mol. The smallest absolute Gasteiger partial charge is 0.337 e. The quantitative estimate of drug-likeness (QED) is 0.0130.